The van der Waals surface area contributed by atoms with Gasteiger partial charge in [-0.3, -0.25) is 4.79 Å². The van der Waals surface area contributed by atoms with Crippen LogP contribution < -0.4 is 31.6 Å². The Morgan fingerprint density at radius 3 is 2.31 bits per heavy atom. The second-order valence-corrected chi connectivity index (χ2v) is 6.42. The highest BCUT2D eigenvalue weighted by Crippen LogP contribution is 2.20. The predicted octanol–water partition coefficient (Wildman–Crippen LogP) is -0.896. The van der Waals surface area contributed by atoms with Gasteiger partial charge in [0.2, 0.25) is 5.91 Å². The van der Waals surface area contributed by atoms with Crippen LogP contribution in [0.15, 0.2) is 48.8 Å². The Kier molecular flexibility index (Phi) is 9.30. The lowest BCUT2D eigenvalue weighted by Crippen LogP contribution is -3.00. The largest absolute Gasteiger partial charge is 1.00 e. The zero-order valence-electron chi connectivity index (χ0n) is 15.9. The molecule has 1 heterocycles. The number of pyridine rings is 1. The van der Waals surface area contributed by atoms with Gasteiger partial charge in [-0.25, -0.2) is 4.57 Å². The summed E-state index contributed by atoms with van der Waals surface area (Å²) in [4.78, 5) is 14.3. The summed E-state index contributed by atoms with van der Waals surface area (Å²) in [6.45, 7) is 3.32. The molecule has 0 aliphatic rings. The van der Waals surface area contributed by atoms with Gasteiger partial charge in [0.1, 0.15) is 5.75 Å². The quantitative estimate of drug-likeness (QED) is 0.562. The number of rotatable bonds is 8. The summed E-state index contributed by atoms with van der Waals surface area (Å²) in [5.74, 6) is 0.897. The van der Waals surface area contributed by atoms with Gasteiger partial charge in [-0.2, -0.15) is 0 Å². The van der Waals surface area contributed by atoms with Crippen molar-refractivity contribution in [3.8, 4) is 5.75 Å². The Hall–Kier alpha value is -1.92. The highest BCUT2D eigenvalue weighted by molar-refractivity contribution is 5.75. The minimum Gasteiger partial charge on any atom is -1.00 e. The smallest absolute Gasteiger partial charge is 0.226 e. The lowest BCUT2D eigenvalue weighted by Gasteiger charge is -2.25. The molecule has 1 unspecified atom stereocenters. The average Bonchev–Trinajstić information content (AvgIpc) is 2.61. The molecule has 0 saturated carbocycles. The van der Waals surface area contributed by atoms with E-state index in [1.807, 2.05) is 67.5 Å². The highest BCUT2D eigenvalue weighted by Gasteiger charge is 2.16. The molecule has 0 spiro atoms. The van der Waals surface area contributed by atoms with Crippen LogP contribution in [0.5, 0.6) is 5.75 Å². The molecule has 26 heavy (non-hydrogen) atoms. The summed E-state index contributed by atoms with van der Waals surface area (Å²) in [5, 5.41) is 3.05. The molecule has 1 N–H and O–H groups in total. The van der Waals surface area contributed by atoms with Gasteiger partial charge < -0.3 is 31.9 Å². The molecule has 142 valence electrons. The molecule has 0 bridgehead atoms. The Bertz CT molecular complexity index is 672. The number of aromatic nitrogens is 1. The van der Waals surface area contributed by atoms with Crippen LogP contribution in [0.3, 0.4) is 0 Å². The van der Waals surface area contributed by atoms with E-state index in [-0.39, 0.29) is 28.9 Å². The number of benzene rings is 1. The number of methoxy groups -OCH3 is 1. The van der Waals surface area contributed by atoms with E-state index >= 15 is 0 Å². The van der Waals surface area contributed by atoms with Crippen molar-refractivity contribution in [3.05, 3.63) is 59.9 Å². The molecule has 1 atom stereocenters. The SMILES string of the molecule is COc1ccc(C(CNC(=O)CC[n+]2ccc(C)cc2)N(C)C)cc1.[Br-]. The summed E-state index contributed by atoms with van der Waals surface area (Å²) in [6, 6.07) is 12.2. The zero-order chi connectivity index (χ0) is 18.2. The van der Waals surface area contributed by atoms with Crippen LogP contribution in [0.2, 0.25) is 0 Å². The summed E-state index contributed by atoms with van der Waals surface area (Å²) in [6.07, 6.45) is 4.47. The summed E-state index contributed by atoms with van der Waals surface area (Å²) in [5.41, 5.74) is 2.37. The van der Waals surface area contributed by atoms with Crippen molar-refractivity contribution in [2.75, 3.05) is 27.7 Å². The number of ether oxygens (including phenoxy) is 1. The lowest BCUT2D eigenvalue weighted by atomic mass is 10.1. The zero-order valence-corrected chi connectivity index (χ0v) is 17.5. The second kappa shape index (κ2) is 10.9. The molecule has 6 heteroatoms. The molecule has 0 fully saturated rings. The molecule has 2 aromatic rings. The molecule has 5 nitrogen and oxygen atoms in total. The molecule has 1 aromatic heterocycles. The summed E-state index contributed by atoms with van der Waals surface area (Å²) >= 11 is 0. The van der Waals surface area contributed by atoms with E-state index in [4.69, 9.17) is 4.74 Å². The fraction of sp³-hybridized carbons (Fsp3) is 0.400. The number of hydrogen-bond donors (Lipinski definition) is 1. The number of nitrogens with zero attached hydrogens (tertiary/aromatic N) is 2. The van der Waals surface area contributed by atoms with E-state index in [2.05, 4.69) is 17.1 Å². The minimum atomic E-state index is 0. The molecule has 0 radical (unpaired) electrons. The number of nitrogens with one attached hydrogen (secondary N) is 1. The number of likely N-dealkylation sites (N-methyl/N-ethyl adjacent to an activating group) is 1. The molecule has 1 aromatic carbocycles. The van der Waals surface area contributed by atoms with Crippen LogP contribution in [-0.4, -0.2) is 38.6 Å². The van der Waals surface area contributed by atoms with Crippen molar-refractivity contribution >= 4 is 5.91 Å². The third kappa shape index (κ3) is 6.77. The van der Waals surface area contributed by atoms with E-state index < -0.39 is 0 Å². The fourth-order valence-corrected chi connectivity index (χ4v) is 2.64. The third-order valence-corrected chi connectivity index (χ3v) is 4.27. The van der Waals surface area contributed by atoms with E-state index in [0.717, 1.165) is 11.3 Å². The molecule has 0 aliphatic heterocycles. The predicted molar refractivity (Wildman–Crippen MR) is 98.4 cm³/mol. The first-order valence-electron chi connectivity index (χ1n) is 8.52. The van der Waals surface area contributed by atoms with Crippen LogP contribution in [0, 0.1) is 6.92 Å². The van der Waals surface area contributed by atoms with Gasteiger partial charge in [0.05, 0.1) is 19.6 Å². The van der Waals surface area contributed by atoms with Crippen molar-refractivity contribution < 1.29 is 31.1 Å². The van der Waals surface area contributed by atoms with Gasteiger partial charge in [0.15, 0.2) is 18.9 Å². The van der Waals surface area contributed by atoms with E-state index in [0.29, 0.717) is 19.5 Å². The van der Waals surface area contributed by atoms with Gasteiger partial charge in [-0.15, -0.1) is 0 Å². The van der Waals surface area contributed by atoms with Gasteiger partial charge in [-0.05, 0) is 44.3 Å². The number of carbonyl (C=O) groups is 1. The van der Waals surface area contributed by atoms with Crippen LogP contribution in [-0.2, 0) is 11.3 Å². The maximum atomic E-state index is 12.2. The molecule has 2 rings (SSSR count). The normalized spacial score (nSPS) is 11.6. The first-order valence-corrected chi connectivity index (χ1v) is 8.52. The van der Waals surface area contributed by atoms with Crippen molar-refractivity contribution in [2.45, 2.75) is 25.9 Å². The summed E-state index contributed by atoms with van der Waals surface area (Å²) < 4.78 is 7.23. The van der Waals surface area contributed by atoms with Crippen LogP contribution in [0.1, 0.15) is 23.6 Å². The topological polar surface area (TPSA) is 45.5 Å². The Morgan fingerprint density at radius 1 is 1.15 bits per heavy atom. The van der Waals surface area contributed by atoms with Gasteiger partial charge in [0.25, 0.3) is 0 Å². The first-order chi connectivity index (χ1) is 12.0. The minimum absolute atomic E-state index is 0. The average molecular weight is 422 g/mol. The molecular formula is C20H28BrN3O2. The van der Waals surface area contributed by atoms with E-state index in [1.54, 1.807) is 7.11 Å². The highest BCUT2D eigenvalue weighted by atomic mass is 79.9. The number of halogens is 1. The Labute approximate surface area is 166 Å². The van der Waals surface area contributed by atoms with Crippen LogP contribution in [0.4, 0.5) is 0 Å². The van der Waals surface area contributed by atoms with Crippen LogP contribution >= 0.6 is 0 Å². The molecular weight excluding hydrogens is 394 g/mol. The van der Waals surface area contributed by atoms with Crippen LogP contribution in [0.25, 0.3) is 0 Å². The Morgan fingerprint density at radius 2 is 1.77 bits per heavy atom. The molecule has 1 amide bonds. The lowest BCUT2D eigenvalue weighted by molar-refractivity contribution is -0.695. The fourth-order valence-electron chi connectivity index (χ4n) is 2.64. The standard InChI is InChI=1S/C20H27N3O2.BrH/c1-16-9-12-23(13-10-16)14-11-20(24)21-15-19(22(2)3)17-5-7-18(25-4)8-6-17;/h5-10,12-13,19H,11,14-15H2,1-4H3;1H. The van der Waals surface area contributed by atoms with E-state index in [1.165, 1.54) is 5.56 Å². The maximum Gasteiger partial charge on any atom is 0.226 e. The van der Waals surface area contributed by atoms with Gasteiger partial charge in [-0.1, -0.05) is 12.1 Å². The Balaban J connectivity index is 0.00000338. The number of hydrogen-bond acceptors (Lipinski definition) is 3. The second-order valence-electron chi connectivity index (χ2n) is 6.42. The van der Waals surface area contributed by atoms with Crippen molar-refractivity contribution in [3.63, 3.8) is 0 Å². The van der Waals surface area contributed by atoms with Gasteiger partial charge in [0, 0.05) is 18.7 Å². The summed E-state index contributed by atoms with van der Waals surface area (Å²) in [7, 11) is 5.69. The maximum absolute atomic E-state index is 12.2. The van der Waals surface area contributed by atoms with Crippen molar-refractivity contribution in [2.24, 2.45) is 0 Å². The third-order valence-electron chi connectivity index (χ3n) is 4.27. The van der Waals surface area contributed by atoms with Crippen molar-refractivity contribution in [1.82, 2.24) is 10.2 Å². The molecule has 0 saturated heterocycles. The first kappa shape index (κ1) is 22.1. The number of aryl methyl sites for hydroxylation is 2. The van der Waals surface area contributed by atoms with Crippen molar-refractivity contribution in [1.29, 1.82) is 0 Å². The number of carbonyl (C=O) groups excluding carboxylic acids is 1. The van der Waals surface area contributed by atoms with Gasteiger partial charge >= 0.3 is 0 Å². The monoisotopic (exact) mass is 421 g/mol. The molecule has 0 aliphatic carbocycles. The number of amides is 1. The van der Waals surface area contributed by atoms with E-state index in [9.17, 15) is 4.79 Å².